The Morgan fingerprint density at radius 1 is 1.07 bits per heavy atom. The van der Waals surface area contributed by atoms with Crippen LogP contribution in [0.1, 0.15) is 31.4 Å². The lowest BCUT2D eigenvalue weighted by Gasteiger charge is -2.26. The Morgan fingerprint density at radius 2 is 1.79 bits per heavy atom. The van der Waals surface area contributed by atoms with E-state index in [9.17, 15) is 13.2 Å². The lowest BCUT2D eigenvalue weighted by Crippen LogP contribution is -2.30. The van der Waals surface area contributed by atoms with E-state index in [2.05, 4.69) is 5.32 Å². The summed E-state index contributed by atoms with van der Waals surface area (Å²) >= 11 is 0. The molecule has 1 N–H and O–H groups in total. The minimum Gasteiger partial charge on any atom is -0.486 e. The van der Waals surface area contributed by atoms with E-state index in [0.29, 0.717) is 36.9 Å². The Labute approximate surface area is 164 Å². The smallest absolute Gasteiger partial charge is 0.243 e. The number of anilines is 1. The summed E-state index contributed by atoms with van der Waals surface area (Å²) in [6, 6.07) is 11.6. The van der Waals surface area contributed by atoms with Gasteiger partial charge in [0.25, 0.3) is 0 Å². The van der Waals surface area contributed by atoms with E-state index in [4.69, 9.17) is 9.47 Å². The number of hydrogen-bond acceptors (Lipinski definition) is 5. The van der Waals surface area contributed by atoms with Crippen molar-refractivity contribution >= 4 is 21.6 Å². The summed E-state index contributed by atoms with van der Waals surface area (Å²) in [7, 11) is -3.65. The number of rotatable bonds is 4. The first kappa shape index (κ1) is 18.8. The van der Waals surface area contributed by atoms with Crippen molar-refractivity contribution in [2.24, 2.45) is 0 Å². The number of nitrogens with one attached hydrogen (secondary N) is 1. The predicted octanol–water partition coefficient (Wildman–Crippen LogP) is 2.94. The zero-order valence-corrected chi connectivity index (χ0v) is 16.4. The summed E-state index contributed by atoms with van der Waals surface area (Å²) in [4.78, 5) is 11.4. The molecule has 2 aliphatic heterocycles. The highest BCUT2D eigenvalue weighted by atomic mass is 32.2. The highest BCUT2D eigenvalue weighted by Crippen LogP contribution is 2.40. The first-order valence-corrected chi connectivity index (χ1v) is 10.7. The molecule has 1 unspecified atom stereocenters. The molecule has 28 heavy (non-hydrogen) atoms. The molecule has 0 aliphatic carbocycles. The van der Waals surface area contributed by atoms with Crippen LogP contribution in [0.25, 0.3) is 0 Å². The molecule has 1 saturated heterocycles. The molecule has 0 radical (unpaired) electrons. The normalized spacial score (nSPS) is 19.4. The number of hydrogen-bond donors (Lipinski definition) is 1. The summed E-state index contributed by atoms with van der Waals surface area (Å²) in [5.74, 6) is 1.15. The summed E-state index contributed by atoms with van der Waals surface area (Å²) in [5, 5.41) is 2.64. The number of ether oxygens (including phenoxy) is 2. The fourth-order valence-corrected chi connectivity index (χ4v) is 5.36. The van der Waals surface area contributed by atoms with E-state index >= 15 is 0 Å². The number of carbonyl (C=O) groups is 1. The average molecular weight is 402 g/mol. The predicted molar refractivity (Wildman–Crippen MR) is 104 cm³/mol. The Morgan fingerprint density at radius 3 is 2.50 bits per heavy atom. The minimum atomic E-state index is -3.65. The van der Waals surface area contributed by atoms with Crippen molar-refractivity contribution in [3.63, 3.8) is 0 Å². The quantitative estimate of drug-likeness (QED) is 0.850. The summed E-state index contributed by atoms with van der Waals surface area (Å²) in [5.41, 5.74) is 1.47. The van der Waals surface area contributed by atoms with E-state index in [-0.39, 0.29) is 16.8 Å². The van der Waals surface area contributed by atoms with Crippen LogP contribution in [0.4, 0.5) is 5.69 Å². The Kier molecular flexibility index (Phi) is 4.99. The highest BCUT2D eigenvalue weighted by Gasteiger charge is 2.36. The third-order valence-corrected chi connectivity index (χ3v) is 6.86. The maximum Gasteiger partial charge on any atom is 0.243 e. The van der Waals surface area contributed by atoms with Crippen molar-refractivity contribution in [2.75, 3.05) is 25.1 Å². The van der Waals surface area contributed by atoms with Crippen molar-refractivity contribution < 1.29 is 22.7 Å². The number of fused-ring (bicyclic) bond motifs is 1. The van der Waals surface area contributed by atoms with Gasteiger partial charge in [-0.25, -0.2) is 8.42 Å². The molecular weight excluding hydrogens is 380 g/mol. The SMILES string of the molecule is CC(=O)Nc1ccc(S(=O)(=O)N2CCCC2c2ccc3c(c2)OCCO3)cc1. The second-order valence-electron chi connectivity index (χ2n) is 6.88. The van der Waals surface area contributed by atoms with Crippen LogP contribution in [0, 0.1) is 0 Å². The molecule has 0 spiro atoms. The molecule has 8 heteroatoms. The molecule has 0 saturated carbocycles. The van der Waals surface area contributed by atoms with Crippen LogP contribution in [-0.4, -0.2) is 38.4 Å². The highest BCUT2D eigenvalue weighted by molar-refractivity contribution is 7.89. The van der Waals surface area contributed by atoms with Gasteiger partial charge in [0.1, 0.15) is 13.2 Å². The second kappa shape index (κ2) is 7.44. The largest absolute Gasteiger partial charge is 0.486 e. The molecule has 4 rings (SSSR count). The van der Waals surface area contributed by atoms with Crippen LogP contribution in [0.2, 0.25) is 0 Å². The molecule has 1 amide bonds. The average Bonchev–Trinajstić information content (AvgIpc) is 3.18. The standard InChI is InChI=1S/C20H22N2O5S/c1-14(23)21-16-5-7-17(8-6-16)28(24,25)22-10-2-3-18(22)15-4-9-19-20(13-15)27-12-11-26-19/h4-9,13,18H,2-3,10-12H2,1H3,(H,21,23). The molecule has 0 bridgehead atoms. The van der Waals surface area contributed by atoms with Crippen LogP contribution in [0.3, 0.4) is 0 Å². The molecule has 1 atom stereocenters. The fourth-order valence-electron chi connectivity index (χ4n) is 3.68. The van der Waals surface area contributed by atoms with Gasteiger partial charge in [-0.2, -0.15) is 4.31 Å². The summed E-state index contributed by atoms with van der Waals surface area (Å²) < 4.78 is 39.2. The maximum atomic E-state index is 13.2. The van der Waals surface area contributed by atoms with E-state index in [1.54, 1.807) is 16.4 Å². The van der Waals surface area contributed by atoms with Crippen LogP contribution in [-0.2, 0) is 14.8 Å². The third kappa shape index (κ3) is 3.57. The number of amides is 1. The molecule has 148 valence electrons. The molecule has 2 aromatic carbocycles. The fraction of sp³-hybridized carbons (Fsp3) is 0.350. The Bertz CT molecular complexity index is 988. The van der Waals surface area contributed by atoms with Gasteiger partial charge < -0.3 is 14.8 Å². The van der Waals surface area contributed by atoms with Crippen molar-refractivity contribution in [3.05, 3.63) is 48.0 Å². The zero-order valence-electron chi connectivity index (χ0n) is 15.6. The zero-order chi connectivity index (χ0) is 19.7. The van der Waals surface area contributed by atoms with Gasteiger partial charge in [-0.05, 0) is 54.8 Å². The third-order valence-electron chi connectivity index (χ3n) is 4.94. The van der Waals surface area contributed by atoms with E-state index in [1.165, 1.54) is 19.1 Å². The number of sulfonamides is 1. The van der Waals surface area contributed by atoms with Gasteiger partial charge in [0.15, 0.2) is 11.5 Å². The first-order chi connectivity index (χ1) is 13.4. The monoisotopic (exact) mass is 402 g/mol. The van der Waals surface area contributed by atoms with Gasteiger partial charge in [-0.3, -0.25) is 4.79 Å². The first-order valence-electron chi connectivity index (χ1n) is 9.24. The van der Waals surface area contributed by atoms with Gasteiger partial charge in [0.2, 0.25) is 15.9 Å². The van der Waals surface area contributed by atoms with Crippen molar-refractivity contribution in [3.8, 4) is 11.5 Å². The lowest BCUT2D eigenvalue weighted by atomic mass is 10.0. The van der Waals surface area contributed by atoms with Crippen molar-refractivity contribution in [1.82, 2.24) is 4.31 Å². The van der Waals surface area contributed by atoms with Gasteiger partial charge in [-0.15, -0.1) is 0 Å². The Balaban J connectivity index is 1.61. The topological polar surface area (TPSA) is 84.9 Å². The van der Waals surface area contributed by atoms with Crippen LogP contribution < -0.4 is 14.8 Å². The van der Waals surface area contributed by atoms with E-state index in [0.717, 1.165) is 18.4 Å². The maximum absolute atomic E-state index is 13.2. The second-order valence-corrected chi connectivity index (χ2v) is 8.77. The number of nitrogens with zero attached hydrogens (tertiary/aromatic N) is 1. The van der Waals surface area contributed by atoms with Crippen LogP contribution in [0.15, 0.2) is 47.4 Å². The lowest BCUT2D eigenvalue weighted by molar-refractivity contribution is -0.114. The molecule has 0 aromatic heterocycles. The van der Waals surface area contributed by atoms with Crippen molar-refractivity contribution in [1.29, 1.82) is 0 Å². The van der Waals surface area contributed by atoms with Crippen LogP contribution in [0.5, 0.6) is 11.5 Å². The molecule has 7 nitrogen and oxygen atoms in total. The summed E-state index contributed by atoms with van der Waals surface area (Å²) in [6.07, 6.45) is 1.55. The Hall–Kier alpha value is -2.58. The molecular formula is C20H22N2O5S. The van der Waals surface area contributed by atoms with Gasteiger partial charge >= 0.3 is 0 Å². The number of carbonyl (C=O) groups excluding carboxylic acids is 1. The molecule has 2 aromatic rings. The van der Waals surface area contributed by atoms with E-state index in [1.807, 2.05) is 18.2 Å². The minimum absolute atomic E-state index is 0.200. The molecule has 1 fully saturated rings. The molecule has 2 heterocycles. The van der Waals surface area contributed by atoms with E-state index < -0.39 is 10.0 Å². The number of benzene rings is 2. The molecule has 2 aliphatic rings. The van der Waals surface area contributed by atoms with Gasteiger partial charge in [0.05, 0.1) is 10.9 Å². The van der Waals surface area contributed by atoms with Crippen LogP contribution >= 0.6 is 0 Å². The van der Waals surface area contributed by atoms with Crippen molar-refractivity contribution in [2.45, 2.75) is 30.7 Å². The van der Waals surface area contributed by atoms with Gasteiger partial charge in [0, 0.05) is 19.2 Å². The van der Waals surface area contributed by atoms with Gasteiger partial charge in [-0.1, -0.05) is 6.07 Å². The summed E-state index contributed by atoms with van der Waals surface area (Å²) in [6.45, 7) is 2.89.